The number of nitrogens with zero attached hydrogens (tertiary/aromatic N) is 8. The van der Waals surface area contributed by atoms with Crippen LogP contribution in [0.3, 0.4) is 0 Å². The van der Waals surface area contributed by atoms with E-state index in [1.807, 2.05) is 24.4 Å². The first-order valence-corrected chi connectivity index (χ1v) is 8.26. The summed E-state index contributed by atoms with van der Waals surface area (Å²) in [6.45, 7) is 1.86. The van der Waals surface area contributed by atoms with Crippen LogP contribution in [0.25, 0.3) is 5.65 Å². The van der Waals surface area contributed by atoms with E-state index in [-0.39, 0.29) is 0 Å². The first-order chi connectivity index (χ1) is 11.8. The van der Waals surface area contributed by atoms with E-state index in [2.05, 4.69) is 37.1 Å². The Hall–Kier alpha value is -2.77. The summed E-state index contributed by atoms with van der Waals surface area (Å²) in [7, 11) is 2.11. The molecule has 2 fully saturated rings. The van der Waals surface area contributed by atoms with Crippen molar-refractivity contribution in [1.82, 2.24) is 29.8 Å². The zero-order valence-electron chi connectivity index (χ0n) is 13.4. The Balaban J connectivity index is 1.29. The van der Waals surface area contributed by atoms with Crippen molar-refractivity contribution in [2.75, 3.05) is 29.9 Å². The summed E-state index contributed by atoms with van der Waals surface area (Å²) in [4.78, 5) is 13.6. The van der Waals surface area contributed by atoms with Crippen LogP contribution in [0.15, 0.2) is 30.7 Å². The number of likely N-dealkylation sites (N-methyl/N-ethyl adjacent to an activating group) is 1. The van der Waals surface area contributed by atoms with Crippen molar-refractivity contribution in [3.8, 4) is 0 Å². The predicted molar refractivity (Wildman–Crippen MR) is 89.2 cm³/mol. The van der Waals surface area contributed by atoms with E-state index in [4.69, 9.17) is 4.98 Å². The summed E-state index contributed by atoms with van der Waals surface area (Å²) in [5.74, 6) is 3.54. The van der Waals surface area contributed by atoms with Crippen LogP contribution in [-0.4, -0.2) is 56.0 Å². The Morgan fingerprint density at radius 2 is 2.04 bits per heavy atom. The lowest BCUT2D eigenvalue weighted by Crippen LogP contribution is -2.59. The molecule has 8 nitrogen and oxygen atoms in total. The SMILES string of the molecule is CN(c1ccnc(C2CC2)n1)C1CN(c2ccc3nncn3n2)C1. The highest BCUT2D eigenvalue weighted by atomic mass is 15.4. The van der Waals surface area contributed by atoms with Gasteiger partial charge in [-0.1, -0.05) is 0 Å². The van der Waals surface area contributed by atoms with E-state index in [0.29, 0.717) is 12.0 Å². The smallest absolute Gasteiger partial charge is 0.177 e. The molecule has 0 atom stereocenters. The summed E-state index contributed by atoms with van der Waals surface area (Å²) >= 11 is 0. The van der Waals surface area contributed by atoms with Crippen molar-refractivity contribution in [2.45, 2.75) is 24.8 Å². The van der Waals surface area contributed by atoms with Gasteiger partial charge in [-0.05, 0) is 31.0 Å². The average Bonchev–Trinajstić information content (AvgIpc) is 3.32. The molecule has 3 aromatic rings. The van der Waals surface area contributed by atoms with Crippen LogP contribution in [-0.2, 0) is 0 Å². The van der Waals surface area contributed by atoms with Gasteiger partial charge in [0.25, 0.3) is 0 Å². The molecule has 0 N–H and O–H groups in total. The second kappa shape index (κ2) is 5.12. The highest BCUT2D eigenvalue weighted by Gasteiger charge is 2.33. The quantitative estimate of drug-likeness (QED) is 0.712. The molecule has 8 heteroatoms. The second-order valence-corrected chi connectivity index (χ2v) is 6.54. The van der Waals surface area contributed by atoms with Crippen LogP contribution < -0.4 is 9.80 Å². The van der Waals surface area contributed by atoms with Gasteiger partial charge in [-0.2, -0.15) is 4.52 Å². The molecule has 5 rings (SSSR count). The van der Waals surface area contributed by atoms with Gasteiger partial charge in [-0.15, -0.1) is 15.3 Å². The molecule has 1 saturated heterocycles. The topological polar surface area (TPSA) is 75.3 Å². The highest BCUT2D eigenvalue weighted by molar-refractivity contribution is 5.50. The number of rotatable bonds is 4. The van der Waals surface area contributed by atoms with Crippen LogP contribution in [0.4, 0.5) is 11.6 Å². The van der Waals surface area contributed by atoms with Gasteiger partial charge in [0.05, 0.1) is 6.04 Å². The Labute approximate surface area is 139 Å². The molecule has 1 saturated carbocycles. The van der Waals surface area contributed by atoms with E-state index < -0.39 is 0 Å². The van der Waals surface area contributed by atoms with E-state index in [0.717, 1.165) is 36.2 Å². The third-order valence-electron chi connectivity index (χ3n) is 4.84. The molecule has 24 heavy (non-hydrogen) atoms. The molecular formula is C16H18N8. The van der Waals surface area contributed by atoms with Gasteiger partial charge >= 0.3 is 0 Å². The van der Waals surface area contributed by atoms with Crippen molar-refractivity contribution in [2.24, 2.45) is 0 Å². The molecule has 0 amide bonds. The summed E-state index contributed by atoms with van der Waals surface area (Å²) in [6, 6.07) is 6.37. The van der Waals surface area contributed by atoms with Crippen molar-refractivity contribution in [3.05, 3.63) is 36.5 Å². The second-order valence-electron chi connectivity index (χ2n) is 6.54. The molecule has 0 spiro atoms. The summed E-state index contributed by atoms with van der Waals surface area (Å²) in [5.41, 5.74) is 0.765. The summed E-state index contributed by atoms with van der Waals surface area (Å²) in [5, 5.41) is 12.4. The third kappa shape index (κ3) is 2.26. The Morgan fingerprint density at radius 3 is 2.88 bits per heavy atom. The van der Waals surface area contributed by atoms with Gasteiger partial charge in [0.2, 0.25) is 0 Å². The fourth-order valence-electron chi connectivity index (χ4n) is 3.06. The fourth-order valence-corrected chi connectivity index (χ4v) is 3.06. The lowest BCUT2D eigenvalue weighted by molar-refractivity contribution is 0.486. The van der Waals surface area contributed by atoms with E-state index in [1.54, 1.807) is 10.8 Å². The zero-order chi connectivity index (χ0) is 16.1. The predicted octanol–water partition coefficient (Wildman–Crippen LogP) is 1.12. The van der Waals surface area contributed by atoms with Crippen LogP contribution in [0.1, 0.15) is 24.6 Å². The normalized spacial score (nSPS) is 18.0. The molecule has 0 bridgehead atoms. The van der Waals surface area contributed by atoms with Crippen LogP contribution >= 0.6 is 0 Å². The lowest BCUT2D eigenvalue weighted by Gasteiger charge is -2.44. The minimum Gasteiger partial charge on any atom is -0.353 e. The number of anilines is 2. The van der Waals surface area contributed by atoms with Gasteiger partial charge in [0.1, 0.15) is 23.8 Å². The highest BCUT2D eigenvalue weighted by Crippen LogP contribution is 2.38. The molecule has 0 aromatic carbocycles. The number of hydrogen-bond donors (Lipinski definition) is 0. The first kappa shape index (κ1) is 13.6. The number of fused-ring (bicyclic) bond motifs is 1. The molecule has 3 aromatic heterocycles. The summed E-state index contributed by atoms with van der Waals surface area (Å²) in [6.07, 6.45) is 5.95. The lowest BCUT2D eigenvalue weighted by atomic mass is 10.1. The zero-order valence-corrected chi connectivity index (χ0v) is 13.4. The van der Waals surface area contributed by atoms with Gasteiger partial charge < -0.3 is 9.80 Å². The van der Waals surface area contributed by atoms with E-state index in [9.17, 15) is 0 Å². The van der Waals surface area contributed by atoms with Crippen molar-refractivity contribution in [1.29, 1.82) is 0 Å². The first-order valence-electron chi connectivity index (χ1n) is 8.26. The van der Waals surface area contributed by atoms with Gasteiger partial charge in [0, 0.05) is 32.3 Å². The third-order valence-corrected chi connectivity index (χ3v) is 4.84. The monoisotopic (exact) mass is 322 g/mol. The molecule has 122 valence electrons. The van der Waals surface area contributed by atoms with Gasteiger partial charge in [-0.3, -0.25) is 0 Å². The molecule has 4 heterocycles. The molecule has 1 aliphatic heterocycles. The number of hydrogen-bond acceptors (Lipinski definition) is 7. The van der Waals surface area contributed by atoms with Crippen LogP contribution in [0, 0.1) is 0 Å². The summed E-state index contributed by atoms with van der Waals surface area (Å²) < 4.78 is 1.71. The molecule has 1 aliphatic carbocycles. The van der Waals surface area contributed by atoms with Crippen LogP contribution in [0.2, 0.25) is 0 Å². The van der Waals surface area contributed by atoms with Crippen LogP contribution in [0.5, 0.6) is 0 Å². The maximum Gasteiger partial charge on any atom is 0.177 e. The van der Waals surface area contributed by atoms with Crippen molar-refractivity contribution in [3.63, 3.8) is 0 Å². The average molecular weight is 322 g/mol. The maximum atomic E-state index is 4.73. The largest absolute Gasteiger partial charge is 0.353 e. The molecule has 2 aliphatic rings. The molecular weight excluding hydrogens is 304 g/mol. The standard InChI is InChI=1S/C16H18N8/c1-22(13-6-7-17-16(19-13)11-2-3-11)12-8-23(9-12)15-5-4-14-20-18-10-24(14)21-15/h4-7,10-12H,2-3,8-9H2,1H3. The minimum atomic E-state index is 0.436. The Bertz CT molecular complexity index is 880. The van der Waals surface area contributed by atoms with Gasteiger partial charge in [0.15, 0.2) is 5.65 Å². The fraction of sp³-hybridized carbons (Fsp3) is 0.438. The maximum absolute atomic E-state index is 4.73. The van der Waals surface area contributed by atoms with E-state index in [1.165, 1.54) is 12.8 Å². The Morgan fingerprint density at radius 1 is 1.17 bits per heavy atom. The van der Waals surface area contributed by atoms with Gasteiger partial charge in [-0.25, -0.2) is 9.97 Å². The van der Waals surface area contributed by atoms with Crippen molar-refractivity contribution < 1.29 is 0 Å². The number of aromatic nitrogens is 6. The van der Waals surface area contributed by atoms with E-state index >= 15 is 0 Å². The molecule has 0 unspecified atom stereocenters. The minimum absolute atomic E-state index is 0.436. The van der Waals surface area contributed by atoms with Crippen molar-refractivity contribution >= 4 is 17.3 Å². The Kier molecular flexibility index (Phi) is 2.91. The molecule has 0 radical (unpaired) electrons.